The van der Waals surface area contributed by atoms with Crippen LogP contribution in [0.1, 0.15) is 38.8 Å². The number of rotatable bonds is 8. The molecule has 7 nitrogen and oxygen atoms in total. The number of nitrogens with one attached hydrogen (secondary N) is 1. The Morgan fingerprint density at radius 2 is 1.48 bits per heavy atom. The van der Waals surface area contributed by atoms with E-state index in [1.807, 2.05) is 81.4 Å². The van der Waals surface area contributed by atoms with Crippen LogP contribution >= 0.6 is 0 Å². The van der Waals surface area contributed by atoms with Gasteiger partial charge in [-0.25, -0.2) is 9.59 Å². The fourth-order valence-corrected chi connectivity index (χ4v) is 3.15. The summed E-state index contributed by atoms with van der Waals surface area (Å²) in [5.41, 5.74) is 6.55. The van der Waals surface area contributed by atoms with Crippen molar-refractivity contribution in [2.24, 2.45) is 5.73 Å². The van der Waals surface area contributed by atoms with Crippen LogP contribution < -0.4 is 11.1 Å². The minimum atomic E-state index is -1.02. The third kappa shape index (κ3) is 7.44. The van der Waals surface area contributed by atoms with E-state index in [1.165, 1.54) is 6.92 Å². The molecule has 2 atom stereocenters. The van der Waals surface area contributed by atoms with Crippen LogP contribution in [-0.4, -0.2) is 40.5 Å². The molecule has 0 unspecified atom stereocenters. The Bertz CT molecular complexity index is 879. The van der Waals surface area contributed by atoms with E-state index < -0.39 is 29.7 Å². The summed E-state index contributed by atoms with van der Waals surface area (Å²) in [4.78, 5) is 39.0. The Hall–Kier alpha value is -3.35. The first-order chi connectivity index (χ1) is 14.6. The molecule has 0 bridgehead atoms. The molecular formula is C24H31N3O4. The molecule has 3 N–H and O–H groups in total. The molecule has 2 aromatic carbocycles. The molecule has 166 valence electrons. The number of nitrogens with two attached hydrogens (primary N) is 1. The fourth-order valence-electron chi connectivity index (χ4n) is 3.15. The highest BCUT2D eigenvalue weighted by molar-refractivity contribution is 5.87. The first-order valence-electron chi connectivity index (χ1n) is 10.2. The summed E-state index contributed by atoms with van der Waals surface area (Å²) >= 11 is 0. The van der Waals surface area contributed by atoms with Crippen molar-refractivity contribution < 1.29 is 19.1 Å². The van der Waals surface area contributed by atoms with Crippen molar-refractivity contribution in [2.45, 2.75) is 58.3 Å². The Labute approximate surface area is 183 Å². The monoisotopic (exact) mass is 425 g/mol. The average molecular weight is 426 g/mol. The zero-order valence-electron chi connectivity index (χ0n) is 18.5. The van der Waals surface area contributed by atoms with Crippen LogP contribution in [0.15, 0.2) is 60.7 Å². The van der Waals surface area contributed by atoms with Crippen molar-refractivity contribution in [1.29, 1.82) is 0 Å². The molecule has 0 aliphatic rings. The lowest BCUT2D eigenvalue weighted by Gasteiger charge is -2.37. The molecule has 7 heteroatoms. The Morgan fingerprint density at radius 1 is 0.968 bits per heavy atom. The molecule has 0 fully saturated rings. The standard InChI is InChI=1S/C24H31N3O4/c1-17(21(28)27(24(2,3)4)16-19-13-9-6-10-14-19)31-22(29)20(26-23(25)30)15-18-11-7-5-8-12-18/h5-14,17,20H,15-16H2,1-4H3,(H3,25,26,30)/t17-,20-/m0/s1. The highest BCUT2D eigenvalue weighted by Crippen LogP contribution is 2.20. The molecule has 0 aromatic heterocycles. The number of esters is 1. The van der Waals surface area contributed by atoms with E-state index in [1.54, 1.807) is 4.90 Å². The topological polar surface area (TPSA) is 102 Å². The van der Waals surface area contributed by atoms with Gasteiger partial charge in [0.05, 0.1) is 0 Å². The van der Waals surface area contributed by atoms with Crippen molar-refractivity contribution in [3.8, 4) is 0 Å². The lowest BCUT2D eigenvalue weighted by Crippen LogP contribution is -2.51. The number of nitrogens with zero attached hydrogens (tertiary/aromatic N) is 1. The van der Waals surface area contributed by atoms with Gasteiger partial charge in [-0.15, -0.1) is 0 Å². The van der Waals surface area contributed by atoms with E-state index in [0.29, 0.717) is 6.54 Å². The molecule has 3 amide bonds. The summed E-state index contributed by atoms with van der Waals surface area (Å²) in [5.74, 6) is -1.03. The second kappa shape index (κ2) is 10.6. The average Bonchev–Trinajstić information content (AvgIpc) is 2.71. The smallest absolute Gasteiger partial charge is 0.329 e. The summed E-state index contributed by atoms with van der Waals surface area (Å²) < 4.78 is 5.46. The second-order valence-corrected chi connectivity index (χ2v) is 8.41. The molecule has 2 aromatic rings. The lowest BCUT2D eigenvalue weighted by atomic mass is 10.0. The van der Waals surface area contributed by atoms with Crippen LogP contribution in [0.4, 0.5) is 4.79 Å². The highest BCUT2D eigenvalue weighted by atomic mass is 16.5. The summed E-state index contributed by atoms with van der Waals surface area (Å²) in [6.07, 6.45) is -0.820. The van der Waals surface area contributed by atoms with E-state index >= 15 is 0 Å². The van der Waals surface area contributed by atoms with Crippen molar-refractivity contribution in [3.63, 3.8) is 0 Å². The van der Waals surface area contributed by atoms with Gasteiger partial charge in [-0.3, -0.25) is 4.79 Å². The van der Waals surface area contributed by atoms with Crippen LogP contribution in [0.2, 0.25) is 0 Å². The van der Waals surface area contributed by atoms with Crippen LogP contribution in [0.25, 0.3) is 0 Å². The number of benzene rings is 2. The van der Waals surface area contributed by atoms with Crippen molar-refractivity contribution in [1.82, 2.24) is 10.2 Å². The molecule has 2 rings (SSSR count). The van der Waals surface area contributed by atoms with Crippen molar-refractivity contribution >= 4 is 17.9 Å². The quantitative estimate of drug-likeness (QED) is 0.635. The predicted molar refractivity (Wildman–Crippen MR) is 119 cm³/mol. The van der Waals surface area contributed by atoms with Crippen LogP contribution in [-0.2, 0) is 27.3 Å². The number of primary amides is 1. The van der Waals surface area contributed by atoms with E-state index in [0.717, 1.165) is 11.1 Å². The van der Waals surface area contributed by atoms with Gasteiger partial charge in [0.1, 0.15) is 6.04 Å². The first-order valence-corrected chi connectivity index (χ1v) is 10.2. The second-order valence-electron chi connectivity index (χ2n) is 8.41. The minimum absolute atomic E-state index is 0.205. The van der Waals surface area contributed by atoms with Gasteiger partial charge in [-0.05, 0) is 38.8 Å². The van der Waals surface area contributed by atoms with Crippen LogP contribution in [0.5, 0.6) is 0 Å². The fraction of sp³-hybridized carbons (Fsp3) is 0.375. The largest absolute Gasteiger partial charge is 0.451 e. The summed E-state index contributed by atoms with van der Waals surface area (Å²) in [6, 6.07) is 17.0. The molecule has 0 spiro atoms. The van der Waals surface area contributed by atoms with E-state index in [-0.39, 0.29) is 12.3 Å². The number of ether oxygens (including phenoxy) is 1. The van der Waals surface area contributed by atoms with E-state index in [4.69, 9.17) is 10.5 Å². The molecule has 31 heavy (non-hydrogen) atoms. The number of hydrogen-bond acceptors (Lipinski definition) is 4. The molecule has 0 heterocycles. The summed E-state index contributed by atoms with van der Waals surface area (Å²) in [7, 11) is 0. The van der Waals surface area contributed by atoms with Crippen LogP contribution in [0, 0.1) is 0 Å². The number of carbonyl (C=O) groups is 3. The van der Waals surface area contributed by atoms with Crippen molar-refractivity contribution in [2.75, 3.05) is 0 Å². The molecule has 0 saturated carbocycles. The number of urea groups is 1. The Kier molecular flexibility index (Phi) is 8.19. The zero-order chi connectivity index (χ0) is 23.0. The number of hydrogen-bond donors (Lipinski definition) is 2. The third-order valence-corrected chi connectivity index (χ3v) is 4.78. The molecule has 0 radical (unpaired) electrons. The van der Waals surface area contributed by atoms with Gasteiger partial charge in [-0.2, -0.15) is 0 Å². The molecule has 0 aliphatic carbocycles. The number of amides is 3. The predicted octanol–water partition coefficient (Wildman–Crippen LogP) is 3.03. The first kappa shape index (κ1) is 23.9. The summed E-state index contributed by atoms with van der Waals surface area (Å²) in [5, 5.41) is 2.41. The molecule has 0 aliphatic heterocycles. The number of carbonyl (C=O) groups excluding carboxylic acids is 3. The van der Waals surface area contributed by atoms with Crippen molar-refractivity contribution in [3.05, 3.63) is 71.8 Å². The van der Waals surface area contributed by atoms with Gasteiger partial charge >= 0.3 is 12.0 Å². The normalized spacial score (nSPS) is 13.0. The van der Waals surface area contributed by atoms with E-state index in [2.05, 4.69) is 5.32 Å². The maximum Gasteiger partial charge on any atom is 0.329 e. The maximum absolute atomic E-state index is 13.2. The molecular weight excluding hydrogens is 394 g/mol. The lowest BCUT2D eigenvalue weighted by molar-refractivity contribution is -0.163. The molecule has 0 saturated heterocycles. The third-order valence-electron chi connectivity index (χ3n) is 4.78. The van der Waals surface area contributed by atoms with E-state index in [9.17, 15) is 14.4 Å². The SMILES string of the molecule is C[C@H](OC(=O)[C@H](Cc1ccccc1)NC(N)=O)C(=O)N(Cc1ccccc1)C(C)(C)C. The van der Waals surface area contributed by atoms with Gasteiger partial charge in [0.2, 0.25) is 0 Å². The van der Waals surface area contributed by atoms with Crippen LogP contribution in [0.3, 0.4) is 0 Å². The van der Waals surface area contributed by atoms with Gasteiger partial charge in [0.25, 0.3) is 5.91 Å². The minimum Gasteiger partial charge on any atom is -0.451 e. The highest BCUT2D eigenvalue weighted by Gasteiger charge is 2.33. The Morgan fingerprint density at radius 3 is 1.97 bits per heavy atom. The van der Waals surface area contributed by atoms with Gasteiger partial charge in [0.15, 0.2) is 6.10 Å². The van der Waals surface area contributed by atoms with Gasteiger partial charge < -0.3 is 20.7 Å². The van der Waals surface area contributed by atoms with Gasteiger partial charge in [-0.1, -0.05) is 60.7 Å². The van der Waals surface area contributed by atoms with Gasteiger partial charge in [0, 0.05) is 18.5 Å². The summed E-state index contributed by atoms with van der Waals surface area (Å²) in [6.45, 7) is 7.70. The zero-order valence-corrected chi connectivity index (χ0v) is 18.5. The maximum atomic E-state index is 13.2. The Balaban J connectivity index is 2.12.